The molecule has 3 nitrogen and oxygen atoms in total. The third kappa shape index (κ3) is 6.00. The van der Waals surface area contributed by atoms with Gasteiger partial charge in [-0.05, 0) is 24.5 Å². The minimum Gasteiger partial charge on any atom is -0.387 e. The van der Waals surface area contributed by atoms with E-state index in [0.29, 0.717) is 17.4 Å². The first-order valence-electron chi connectivity index (χ1n) is 8.47. The number of nitrogens with one attached hydrogen (secondary N) is 1. The molecule has 0 radical (unpaired) electrons. The second kappa shape index (κ2) is 9.74. The van der Waals surface area contributed by atoms with Crippen molar-refractivity contribution < 1.29 is 9.90 Å². The average Bonchev–Trinajstić information content (AvgIpc) is 2.60. The Kier molecular flexibility index (Phi) is 7.63. The van der Waals surface area contributed by atoms with Crippen molar-refractivity contribution in [3.8, 4) is 0 Å². The van der Waals surface area contributed by atoms with E-state index >= 15 is 0 Å². The summed E-state index contributed by atoms with van der Waals surface area (Å²) in [7, 11) is 0. The van der Waals surface area contributed by atoms with E-state index < -0.39 is 6.10 Å². The van der Waals surface area contributed by atoms with E-state index in [4.69, 9.17) is 11.6 Å². The number of amides is 1. The van der Waals surface area contributed by atoms with E-state index in [2.05, 4.69) is 5.32 Å². The molecule has 0 aromatic heterocycles. The van der Waals surface area contributed by atoms with Crippen LogP contribution in [-0.4, -0.2) is 29.0 Å². The van der Waals surface area contributed by atoms with Gasteiger partial charge in [0.2, 0.25) is 0 Å². The van der Waals surface area contributed by atoms with E-state index in [-0.39, 0.29) is 11.9 Å². The summed E-state index contributed by atoms with van der Waals surface area (Å²) in [5, 5.41) is 13.4. The maximum absolute atomic E-state index is 12.4. The quantitative estimate of drug-likeness (QED) is 0.586. The molecule has 0 bridgehead atoms. The van der Waals surface area contributed by atoms with Crippen molar-refractivity contribution in [1.82, 2.24) is 5.32 Å². The molecule has 2 rings (SSSR count). The van der Waals surface area contributed by atoms with Gasteiger partial charge >= 0.3 is 0 Å². The molecule has 1 aromatic rings. The summed E-state index contributed by atoms with van der Waals surface area (Å²) in [5.41, 5.74) is 0.620. The minimum atomic E-state index is -0.705. The standard InChI is InChI=1S/C19H26ClNO2/c20-13-7-12-18(22)17(14-15-8-3-1-4-9-15)21-19(23)16-10-5-2-6-11-16/h2,5-7,10-12,15,17-18,22H,1,3-4,8-9,13-14H2,(H,21,23)/b12-7+/t17-,18-/m0/s1. The normalized spacial score (nSPS) is 18.7. The van der Waals surface area contributed by atoms with E-state index in [1.54, 1.807) is 24.3 Å². The average molecular weight is 336 g/mol. The first-order valence-corrected chi connectivity index (χ1v) is 9.00. The molecule has 1 fully saturated rings. The Balaban J connectivity index is 2.02. The van der Waals surface area contributed by atoms with Crippen LogP contribution in [0.15, 0.2) is 42.5 Å². The fourth-order valence-electron chi connectivity index (χ4n) is 3.23. The van der Waals surface area contributed by atoms with Crippen LogP contribution < -0.4 is 5.32 Å². The summed E-state index contributed by atoms with van der Waals surface area (Å²) in [6.07, 6.45) is 9.69. The molecule has 2 atom stereocenters. The van der Waals surface area contributed by atoms with E-state index in [1.165, 1.54) is 32.1 Å². The summed E-state index contributed by atoms with van der Waals surface area (Å²) in [4.78, 5) is 12.4. The first kappa shape index (κ1) is 18.0. The van der Waals surface area contributed by atoms with Crippen LogP contribution in [0.3, 0.4) is 0 Å². The van der Waals surface area contributed by atoms with Gasteiger partial charge in [-0.3, -0.25) is 4.79 Å². The van der Waals surface area contributed by atoms with Crippen molar-refractivity contribution in [3.63, 3.8) is 0 Å². The molecule has 1 aliphatic rings. The second-order valence-electron chi connectivity index (χ2n) is 6.26. The first-order chi connectivity index (χ1) is 11.2. The molecule has 2 N–H and O–H groups in total. The highest BCUT2D eigenvalue weighted by atomic mass is 35.5. The second-order valence-corrected chi connectivity index (χ2v) is 6.57. The van der Waals surface area contributed by atoms with Crippen LogP contribution in [0.4, 0.5) is 0 Å². The number of hydrogen-bond acceptors (Lipinski definition) is 2. The van der Waals surface area contributed by atoms with Gasteiger partial charge in [-0.15, -0.1) is 11.6 Å². The van der Waals surface area contributed by atoms with Gasteiger partial charge in [-0.25, -0.2) is 0 Å². The molecule has 0 heterocycles. The zero-order chi connectivity index (χ0) is 16.5. The van der Waals surface area contributed by atoms with Crippen molar-refractivity contribution in [1.29, 1.82) is 0 Å². The molecule has 4 heteroatoms. The Bertz CT molecular complexity index is 497. The summed E-state index contributed by atoms with van der Waals surface area (Å²) < 4.78 is 0. The van der Waals surface area contributed by atoms with Gasteiger partial charge < -0.3 is 10.4 Å². The van der Waals surface area contributed by atoms with Gasteiger partial charge in [0.15, 0.2) is 0 Å². The number of aliphatic hydroxyl groups is 1. The molecule has 1 aromatic carbocycles. The Labute approximate surface area is 143 Å². The lowest BCUT2D eigenvalue weighted by atomic mass is 9.83. The Morgan fingerprint density at radius 2 is 1.96 bits per heavy atom. The highest BCUT2D eigenvalue weighted by Crippen LogP contribution is 2.28. The fraction of sp³-hybridized carbons (Fsp3) is 0.526. The molecule has 1 amide bonds. The maximum atomic E-state index is 12.4. The fourth-order valence-corrected chi connectivity index (χ4v) is 3.33. The van der Waals surface area contributed by atoms with Gasteiger partial charge in [-0.1, -0.05) is 62.5 Å². The number of aliphatic hydroxyl groups excluding tert-OH is 1. The van der Waals surface area contributed by atoms with Crippen LogP contribution in [0.2, 0.25) is 0 Å². The maximum Gasteiger partial charge on any atom is 0.251 e. The van der Waals surface area contributed by atoms with Crippen molar-refractivity contribution >= 4 is 17.5 Å². The lowest BCUT2D eigenvalue weighted by Gasteiger charge is -2.29. The molecule has 0 spiro atoms. The molecular formula is C19H26ClNO2. The lowest BCUT2D eigenvalue weighted by Crippen LogP contribution is -2.44. The van der Waals surface area contributed by atoms with E-state index in [9.17, 15) is 9.90 Å². The number of allylic oxidation sites excluding steroid dienone is 1. The zero-order valence-electron chi connectivity index (χ0n) is 13.5. The molecule has 0 unspecified atom stereocenters. The molecule has 126 valence electrons. The highest BCUT2D eigenvalue weighted by molar-refractivity contribution is 6.18. The largest absolute Gasteiger partial charge is 0.387 e. The van der Waals surface area contributed by atoms with Crippen LogP contribution in [0, 0.1) is 5.92 Å². The van der Waals surface area contributed by atoms with Gasteiger partial charge in [0.1, 0.15) is 0 Å². The predicted octanol–water partition coefficient (Wildman–Crippen LogP) is 3.91. The Hall–Kier alpha value is -1.32. The summed E-state index contributed by atoms with van der Waals surface area (Å²) >= 11 is 5.66. The molecule has 1 aliphatic carbocycles. The number of halogens is 1. The van der Waals surface area contributed by atoms with Crippen molar-refractivity contribution in [3.05, 3.63) is 48.0 Å². The summed E-state index contributed by atoms with van der Waals surface area (Å²) in [6.45, 7) is 0. The smallest absolute Gasteiger partial charge is 0.251 e. The van der Waals surface area contributed by atoms with Gasteiger partial charge in [-0.2, -0.15) is 0 Å². The lowest BCUT2D eigenvalue weighted by molar-refractivity contribution is 0.0856. The van der Waals surface area contributed by atoms with Crippen molar-refractivity contribution in [2.24, 2.45) is 5.92 Å². The number of hydrogen-bond donors (Lipinski definition) is 2. The zero-order valence-corrected chi connectivity index (χ0v) is 14.2. The Morgan fingerprint density at radius 1 is 1.26 bits per heavy atom. The van der Waals surface area contributed by atoms with Crippen LogP contribution in [0.25, 0.3) is 0 Å². The monoisotopic (exact) mass is 335 g/mol. The van der Waals surface area contributed by atoms with Gasteiger partial charge in [0.25, 0.3) is 5.91 Å². The summed E-state index contributed by atoms with van der Waals surface area (Å²) in [6, 6.07) is 8.87. The van der Waals surface area contributed by atoms with Crippen LogP contribution >= 0.6 is 11.6 Å². The number of benzene rings is 1. The highest BCUT2D eigenvalue weighted by Gasteiger charge is 2.25. The van der Waals surface area contributed by atoms with Gasteiger partial charge in [0, 0.05) is 11.4 Å². The Morgan fingerprint density at radius 3 is 2.61 bits per heavy atom. The molecule has 0 aliphatic heterocycles. The van der Waals surface area contributed by atoms with Crippen molar-refractivity contribution in [2.45, 2.75) is 50.7 Å². The predicted molar refractivity (Wildman–Crippen MR) is 94.8 cm³/mol. The van der Waals surface area contributed by atoms with Gasteiger partial charge in [0.05, 0.1) is 12.1 Å². The number of carbonyl (C=O) groups is 1. The molecule has 23 heavy (non-hydrogen) atoms. The van der Waals surface area contributed by atoms with Crippen molar-refractivity contribution in [2.75, 3.05) is 5.88 Å². The third-order valence-electron chi connectivity index (χ3n) is 4.50. The number of carbonyl (C=O) groups excluding carboxylic acids is 1. The van der Waals surface area contributed by atoms with E-state index in [1.807, 2.05) is 18.2 Å². The number of alkyl halides is 1. The van der Waals surface area contributed by atoms with Crippen LogP contribution in [0.1, 0.15) is 48.9 Å². The summed E-state index contributed by atoms with van der Waals surface area (Å²) in [5.74, 6) is 0.799. The molecular weight excluding hydrogens is 310 g/mol. The molecule has 1 saturated carbocycles. The minimum absolute atomic E-state index is 0.135. The topological polar surface area (TPSA) is 49.3 Å². The molecule has 0 saturated heterocycles. The third-order valence-corrected chi connectivity index (χ3v) is 4.68. The number of rotatable bonds is 7. The SMILES string of the molecule is O=C(N[C@@H](CC1CCCCC1)[C@@H](O)/C=C/CCl)c1ccccc1. The van der Waals surface area contributed by atoms with Crippen LogP contribution in [0.5, 0.6) is 0 Å². The van der Waals surface area contributed by atoms with Crippen LogP contribution in [-0.2, 0) is 0 Å². The van der Waals surface area contributed by atoms with E-state index in [0.717, 1.165) is 6.42 Å².